The summed E-state index contributed by atoms with van der Waals surface area (Å²) in [6.45, 7) is 0.961. The number of nitrogens with one attached hydrogen (secondary N) is 1. The normalized spacial score (nSPS) is 20.2. The number of carbonyl (C=O) groups excluding carboxylic acids is 3. The van der Waals surface area contributed by atoms with E-state index >= 15 is 0 Å². The van der Waals surface area contributed by atoms with Crippen LogP contribution in [0.1, 0.15) is 12.5 Å². The number of fused-ring (bicyclic) bond motifs is 1. The Labute approximate surface area is 180 Å². The molecule has 2 aliphatic rings. The summed E-state index contributed by atoms with van der Waals surface area (Å²) in [6, 6.07) is 5.10. The lowest BCUT2D eigenvalue weighted by Gasteiger charge is -2.49. The minimum absolute atomic E-state index is 0.0585. The number of thioether (sulfide) groups is 1. The van der Waals surface area contributed by atoms with Gasteiger partial charge in [0.25, 0.3) is 5.91 Å². The molecule has 0 aromatic heterocycles. The van der Waals surface area contributed by atoms with Crippen LogP contribution in [-0.2, 0) is 23.9 Å². The van der Waals surface area contributed by atoms with Gasteiger partial charge < -0.3 is 25.6 Å². The standard InChI is InChI=1S/C19H18N3O8S/c1-10(23)30-8-12-9-31-18-15(17(25)21(18)16(12)19(26)27)20-14(24)7-6-11-4-2-3-5-13(11)22(28)29/h2-7,15,18,28H,8-9H2,1H3,(H,20,24)(H,26,27)/q-1/b7-6+/t15-,18+/m0/s1. The molecule has 2 heterocycles. The van der Waals surface area contributed by atoms with Crippen molar-refractivity contribution >= 4 is 47.3 Å². The van der Waals surface area contributed by atoms with Crippen LogP contribution in [0.15, 0.2) is 41.6 Å². The number of benzene rings is 1. The minimum atomic E-state index is -1.33. The van der Waals surface area contributed by atoms with Crippen molar-refractivity contribution in [3.63, 3.8) is 0 Å². The summed E-state index contributed by atoms with van der Waals surface area (Å²) in [6.07, 6.45) is 2.41. The summed E-state index contributed by atoms with van der Waals surface area (Å²) in [5, 5.41) is 31.3. The quantitative estimate of drug-likeness (QED) is 0.234. The first-order chi connectivity index (χ1) is 14.7. The molecule has 3 N–H and O–H groups in total. The Balaban J connectivity index is 1.69. The number of para-hydroxylation sites is 1. The lowest BCUT2D eigenvalue weighted by Crippen LogP contribution is -2.70. The Bertz CT molecular complexity index is 990. The fourth-order valence-corrected chi connectivity index (χ4v) is 4.48. The molecule has 164 valence electrons. The molecule has 2 amide bonds. The van der Waals surface area contributed by atoms with Crippen LogP contribution in [0.4, 0.5) is 5.69 Å². The van der Waals surface area contributed by atoms with E-state index in [1.54, 1.807) is 12.1 Å². The molecule has 0 saturated carbocycles. The van der Waals surface area contributed by atoms with Crippen molar-refractivity contribution in [3.8, 4) is 0 Å². The average Bonchev–Trinajstić information content (AvgIpc) is 2.73. The van der Waals surface area contributed by atoms with E-state index in [1.807, 2.05) is 0 Å². The van der Waals surface area contributed by atoms with Gasteiger partial charge in [-0.3, -0.25) is 24.5 Å². The second-order valence-electron chi connectivity index (χ2n) is 6.60. The largest absolute Gasteiger partial charge is 0.733 e. The Kier molecular flexibility index (Phi) is 6.63. The van der Waals surface area contributed by atoms with E-state index in [4.69, 9.17) is 9.94 Å². The molecule has 3 rings (SSSR count). The van der Waals surface area contributed by atoms with Gasteiger partial charge >= 0.3 is 11.9 Å². The maximum Gasteiger partial charge on any atom is 0.352 e. The molecule has 1 fully saturated rings. The van der Waals surface area contributed by atoms with Crippen LogP contribution in [0.2, 0.25) is 0 Å². The van der Waals surface area contributed by atoms with Gasteiger partial charge in [0.1, 0.15) is 23.7 Å². The highest BCUT2D eigenvalue weighted by Crippen LogP contribution is 2.40. The molecular formula is C19H18N3O8S-. The molecule has 0 unspecified atom stereocenters. The lowest BCUT2D eigenvalue weighted by molar-refractivity contribution is -0.150. The first-order valence-electron chi connectivity index (χ1n) is 8.97. The number of amides is 2. The predicted molar refractivity (Wildman–Crippen MR) is 109 cm³/mol. The van der Waals surface area contributed by atoms with Crippen molar-refractivity contribution in [3.05, 3.63) is 52.4 Å². The zero-order valence-corrected chi connectivity index (χ0v) is 17.0. The first kappa shape index (κ1) is 22.3. The van der Waals surface area contributed by atoms with Gasteiger partial charge in [0.2, 0.25) is 5.91 Å². The molecule has 0 bridgehead atoms. The third kappa shape index (κ3) is 4.71. The molecule has 0 aliphatic carbocycles. The number of carbonyl (C=O) groups is 4. The van der Waals surface area contributed by atoms with Crippen molar-refractivity contribution in [1.29, 1.82) is 0 Å². The highest BCUT2D eigenvalue weighted by Gasteiger charge is 2.54. The van der Waals surface area contributed by atoms with Gasteiger partial charge in [0.15, 0.2) is 0 Å². The summed E-state index contributed by atoms with van der Waals surface area (Å²) in [5.74, 6) is -2.91. The molecule has 1 aromatic rings. The van der Waals surface area contributed by atoms with Gasteiger partial charge in [-0.05, 0) is 17.7 Å². The number of β-lactam (4-membered cyclic amide) rings is 1. The van der Waals surface area contributed by atoms with E-state index in [1.165, 1.54) is 36.9 Å². The Hall–Kier alpha value is -3.35. The number of anilines is 1. The average molecular weight is 448 g/mol. The monoisotopic (exact) mass is 448 g/mol. The Morgan fingerprint density at radius 1 is 1.39 bits per heavy atom. The third-order valence-electron chi connectivity index (χ3n) is 4.55. The minimum Gasteiger partial charge on any atom is -0.733 e. The molecule has 0 radical (unpaired) electrons. The van der Waals surface area contributed by atoms with Gasteiger partial charge in [-0.25, -0.2) is 4.79 Å². The van der Waals surface area contributed by atoms with E-state index in [-0.39, 0.29) is 34.5 Å². The van der Waals surface area contributed by atoms with Crippen LogP contribution >= 0.6 is 11.8 Å². The summed E-state index contributed by atoms with van der Waals surface area (Å²) in [7, 11) is 0. The summed E-state index contributed by atoms with van der Waals surface area (Å²) < 4.78 is 4.86. The van der Waals surface area contributed by atoms with Crippen molar-refractivity contribution < 1.29 is 34.2 Å². The fraction of sp³-hybridized carbons (Fsp3) is 0.263. The van der Waals surface area contributed by atoms with Gasteiger partial charge in [-0.15, -0.1) is 11.8 Å². The number of nitrogens with zero attached hydrogens (tertiary/aromatic N) is 2. The van der Waals surface area contributed by atoms with Crippen LogP contribution in [0.5, 0.6) is 0 Å². The number of carboxylic acids is 1. The molecule has 2 atom stereocenters. The van der Waals surface area contributed by atoms with E-state index in [2.05, 4.69) is 5.32 Å². The zero-order valence-electron chi connectivity index (χ0n) is 16.2. The van der Waals surface area contributed by atoms with E-state index in [0.717, 1.165) is 11.0 Å². The molecule has 12 heteroatoms. The van der Waals surface area contributed by atoms with Crippen molar-refractivity contribution in [2.45, 2.75) is 18.3 Å². The predicted octanol–water partition coefficient (Wildman–Crippen LogP) is 0.695. The van der Waals surface area contributed by atoms with Crippen LogP contribution in [0.25, 0.3) is 6.08 Å². The number of ether oxygens (including phenoxy) is 1. The van der Waals surface area contributed by atoms with Gasteiger partial charge in [-0.1, -0.05) is 18.2 Å². The molecule has 31 heavy (non-hydrogen) atoms. The highest BCUT2D eigenvalue weighted by molar-refractivity contribution is 8.00. The number of carboxylic acid groups (broad SMARTS) is 1. The topological polar surface area (TPSA) is 160 Å². The number of esters is 1. The van der Waals surface area contributed by atoms with Crippen molar-refractivity contribution in [1.82, 2.24) is 10.2 Å². The summed E-state index contributed by atoms with van der Waals surface area (Å²) in [5.41, 5.74) is 0.278. The van der Waals surface area contributed by atoms with Gasteiger partial charge in [0.05, 0.1) is 5.69 Å². The first-order valence-corrected chi connectivity index (χ1v) is 10.0. The molecule has 2 aliphatic heterocycles. The summed E-state index contributed by atoms with van der Waals surface area (Å²) in [4.78, 5) is 48.6. The van der Waals surface area contributed by atoms with Crippen LogP contribution in [0, 0.1) is 5.21 Å². The second-order valence-corrected chi connectivity index (χ2v) is 7.70. The molecular weight excluding hydrogens is 430 g/mol. The zero-order chi connectivity index (χ0) is 22.7. The number of rotatable bonds is 7. The molecule has 0 spiro atoms. The number of hydrogen-bond acceptors (Lipinski definition) is 9. The number of hydrogen-bond donors (Lipinski definition) is 3. The van der Waals surface area contributed by atoms with Crippen LogP contribution in [-0.4, -0.2) is 62.7 Å². The third-order valence-corrected chi connectivity index (χ3v) is 5.89. The van der Waals surface area contributed by atoms with Crippen molar-refractivity contribution in [2.24, 2.45) is 0 Å². The van der Waals surface area contributed by atoms with Crippen molar-refractivity contribution in [2.75, 3.05) is 17.6 Å². The van der Waals surface area contributed by atoms with E-state index in [9.17, 15) is 29.5 Å². The Morgan fingerprint density at radius 3 is 2.74 bits per heavy atom. The van der Waals surface area contributed by atoms with Gasteiger partial charge in [0, 0.05) is 24.3 Å². The summed E-state index contributed by atoms with van der Waals surface area (Å²) >= 11 is 1.24. The second kappa shape index (κ2) is 9.20. The van der Waals surface area contributed by atoms with E-state index < -0.39 is 35.2 Å². The van der Waals surface area contributed by atoms with Gasteiger partial charge in [-0.2, -0.15) is 0 Å². The lowest BCUT2D eigenvalue weighted by atomic mass is 10.0. The van der Waals surface area contributed by atoms with Crippen LogP contribution < -0.4 is 10.5 Å². The SMILES string of the molecule is CC(=O)OCC1=C(C(=O)O)N2C(=O)[C@H](NC(=O)/C=C/c3ccccc3N([O-])O)[C@H]2SC1. The smallest absolute Gasteiger partial charge is 0.352 e. The molecule has 11 nitrogen and oxygen atoms in total. The molecule has 1 saturated heterocycles. The fourth-order valence-electron chi connectivity index (χ4n) is 3.15. The van der Waals surface area contributed by atoms with Crippen LogP contribution in [0.3, 0.4) is 0 Å². The Morgan fingerprint density at radius 2 is 2.10 bits per heavy atom. The highest BCUT2D eigenvalue weighted by atomic mass is 32.2. The maximum atomic E-state index is 12.5. The molecule has 1 aromatic carbocycles. The maximum absolute atomic E-state index is 12.5. The number of aliphatic carboxylic acids is 1. The van der Waals surface area contributed by atoms with E-state index in [0.29, 0.717) is 5.57 Å².